The van der Waals surface area contributed by atoms with E-state index in [9.17, 15) is 29.4 Å². The summed E-state index contributed by atoms with van der Waals surface area (Å²) >= 11 is 0. The number of fused-ring (bicyclic) bond motifs is 1. The number of nitrogens with one attached hydrogen (secondary N) is 3. The number of phenolic OH excluding ortho intramolecular Hbond substituents is 2. The maximum absolute atomic E-state index is 14.2. The van der Waals surface area contributed by atoms with Gasteiger partial charge >= 0.3 is 12.8 Å². The van der Waals surface area contributed by atoms with Crippen LogP contribution in [0.2, 0.25) is 0 Å². The number of rotatable bonds is 14. The van der Waals surface area contributed by atoms with Crippen molar-refractivity contribution in [2.45, 2.75) is 103 Å². The Kier molecular flexibility index (Phi) is 13.4. The second kappa shape index (κ2) is 19.2. The van der Waals surface area contributed by atoms with Crippen molar-refractivity contribution >= 4 is 24.8 Å². The number of aromatic amines is 1. The molecule has 1 saturated heterocycles. The minimum Gasteiger partial charge on any atom is -0.508 e. The van der Waals surface area contributed by atoms with Gasteiger partial charge in [0.05, 0.1) is 29.0 Å². The van der Waals surface area contributed by atoms with E-state index >= 15 is 0 Å². The maximum atomic E-state index is 14.2. The molecule has 8 rings (SSSR count). The maximum Gasteiger partial charge on any atom is 0.482 e. The smallest absolute Gasteiger partial charge is 0.482 e. The van der Waals surface area contributed by atoms with Crippen molar-refractivity contribution in [3.8, 4) is 28.6 Å². The lowest BCUT2D eigenvalue weighted by molar-refractivity contribution is -0.123. The van der Waals surface area contributed by atoms with Gasteiger partial charge in [0.25, 0.3) is 11.8 Å². The van der Waals surface area contributed by atoms with Gasteiger partial charge < -0.3 is 35.1 Å². The Labute approximate surface area is 395 Å². The predicted octanol–water partition coefficient (Wildman–Crippen LogP) is 6.39. The summed E-state index contributed by atoms with van der Waals surface area (Å²) in [6, 6.07) is 24.4. The summed E-state index contributed by atoms with van der Waals surface area (Å²) in [5, 5.41) is 34.0. The molecule has 17 heteroatoms. The van der Waals surface area contributed by atoms with Gasteiger partial charge in [-0.2, -0.15) is 5.10 Å². The first-order chi connectivity index (χ1) is 32.4. The number of phenols is 2. The molecule has 6 aromatic rings. The van der Waals surface area contributed by atoms with Crippen molar-refractivity contribution in [1.29, 1.82) is 0 Å². The molecule has 0 saturated carbocycles. The van der Waals surface area contributed by atoms with Crippen LogP contribution in [0.1, 0.15) is 109 Å². The largest absolute Gasteiger partial charge is 0.508 e. The molecule has 0 bridgehead atoms. The number of hydrogen-bond acceptors (Lipinski definition) is 11. The van der Waals surface area contributed by atoms with Crippen LogP contribution in [0.4, 0.5) is 0 Å². The molecule has 16 nitrogen and oxygen atoms in total. The van der Waals surface area contributed by atoms with Crippen LogP contribution in [0.3, 0.4) is 0 Å². The molecule has 4 heterocycles. The van der Waals surface area contributed by atoms with E-state index in [1.807, 2.05) is 95.3 Å². The molecule has 0 radical (unpaired) electrons. The van der Waals surface area contributed by atoms with E-state index < -0.39 is 47.8 Å². The molecule has 3 atom stereocenters. The van der Waals surface area contributed by atoms with Gasteiger partial charge in [-0.05, 0) is 104 Å². The summed E-state index contributed by atoms with van der Waals surface area (Å²) in [6.07, 6.45) is 5.61. The quantitative estimate of drug-likeness (QED) is 0.0755. The topological polar surface area (TPSA) is 214 Å². The summed E-state index contributed by atoms with van der Waals surface area (Å²) in [6.45, 7) is 14.6. The molecule has 2 aliphatic heterocycles. The molecule has 3 amide bonds. The molecular weight excluding hydrogens is 863 g/mol. The van der Waals surface area contributed by atoms with Crippen LogP contribution in [-0.2, 0) is 39.1 Å². The fraction of sp³-hybridized carbons (Fsp3) is 0.353. The van der Waals surface area contributed by atoms with E-state index in [1.165, 1.54) is 29.2 Å². The van der Waals surface area contributed by atoms with E-state index in [2.05, 4.69) is 44.6 Å². The van der Waals surface area contributed by atoms with Gasteiger partial charge in [0.15, 0.2) is 5.82 Å². The van der Waals surface area contributed by atoms with Crippen molar-refractivity contribution < 1.29 is 33.9 Å². The summed E-state index contributed by atoms with van der Waals surface area (Å²) in [5.41, 5.74) is 3.16. The van der Waals surface area contributed by atoms with Gasteiger partial charge in [-0.3, -0.25) is 19.4 Å². The van der Waals surface area contributed by atoms with Crippen LogP contribution in [0.5, 0.6) is 11.5 Å². The van der Waals surface area contributed by atoms with Crippen LogP contribution in [0, 0.1) is 5.92 Å². The Bertz CT molecular complexity index is 2870. The lowest BCUT2D eigenvalue weighted by Gasteiger charge is -2.37. The van der Waals surface area contributed by atoms with Crippen molar-refractivity contribution in [1.82, 2.24) is 40.3 Å². The van der Waals surface area contributed by atoms with Gasteiger partial charge in [0.1, 0.15) is 28.8 Å². The number of H-pyrrole nitrogens is 1. The Hall–Kier alpha value is -7.11. The van der Waals surface area contributed by atoms with E-state index in [0.717, 1.165) is 22.3 Å². The van der Waals surface area contributed by atoms with E-state index in [1.54, 1.807) is 23.1 Å². The first-order valence-electron chi connectivity index (χ1n) is 22.9. The number of aromatic hydroxyl groups is 2. The monoisotopic (exact) mass is 920 g/mol. The number of nitrogens with zero attached hydrogens (tertiary/aromatic N) is 5. The van der Waals surface area contributed by atoms with Crippen LogP contribution >= 0.6 is 0 Å². The standard InChI is InChI=1S/C51H57BN8O8/c1-30(2)23-44(56-46(63)40(24-32-11-9-8-10-12-32)55-47(64)41-28-53-20-21-54-41)52-67-50(5,6)51(7,68-52)36-16-13-34(14-17-36)48(65)59-22-19-33-15-18-37(25-35(33)29-59)60-45(57-58-49(60)66)39-26-38(31(3)4)42(61)27-43(39)62/h8-18,20-21,25-28,30-31,40,44,61-62H,19,22-24,29H2,1-7H3,(H,55,64)(H,56,63)(H,58,66)/t40-,44-,51?/m0/s1. The fourth-order valence-electron chi connectivity index (χ4n) is 9.04. The second-order valence-corrected chi connectivity index (χ2v) is 19.0. The van der Waals surface area contributed by atoms with Crippen molar-refractivity contribution in [3.63, 3.8) is 0 Å². The Morgan fingerprint density at radius 1 is 0.882 bits per heavy atom. The van der Waals surface area contributed by atoms with Gasteiger partial charge in [0, 0.05) is 43.5 Å². The minimum absolute atomic E-state index is 0.0470. The average Bonchev–Trinajstić information content (AvgIpc) is 3.82. The van der Waals surface area contributed by atoms with Crippen molar-refractivity contribution in [2.75, 3.05) is 6.54 Å². The zero-order chi connectivity index (χ0) is 48.5. The third-order valence-electron chi connectivity index (χ3n) is 13.1. The Morgan fingerprint density at radius 3 is 2.32 bits per heavy atom. The molecule has 5 N–H and O–H groups in total. The van der Waals surface area contributed by atoms with Crippen molar-refractivity contribution in [3.05, 3.63) is 153 Å². The third kappa shape index (κ3) is 9.67. The van der Waals surface area contributed by atoms with Crippen LogP contribution in [-0.4, -0.2) is 88.8 Å². The zero-order valence-electron chi connectivity index (χ0n) is 39.3. The normalized spacial score (nSPS) is 17.5. The van der Waals surface area contributed by atoms with E-state index in [0.29, 0.717) is 42.7 Å². The summed E-state index contributed by atoms with van der Waals surface area (Å²) in [7, 11) is -0.854. The summed E-state index contributed by atoms with van der Waals surface area (Å²) < 4.78 is 14.9. The number of carbonyl (C=O) groups excluding carboxylic acids is 3. The molecule has 1 fully saturated rings. The van der Waals surface area contributed by atoms with E-state index in [-0.39, 0.29) is 52.7 Å². The lowest BCUT2D eigenvalue weighted by atomic mass is 9.73. The first-order valence-corrected chi connectivity index (χ1v) is 22.9. The highest BCUT2D eigenvalue weighted by Crippen LogP contribution is 2.46. The highest BCUT2D eigenvalue weighted by molar-refractivity contribution is 6.48. The van der Waals surface area contributed by atoms with E-state index in [4.69, 9.17) is 9.31 Å². The zero-order valence-corrected chi connectivity index (χ0v) is 39.3. The molecule has 0 aliphatic carbocycles. The SMILES string of the molecule is CC(C)C[C@H](NC(=O)[C@H](Cc1ccccc1)NC(=O)c1cnccn1)B1OC(C)(C)C(C)(c2ccc(C(=O)N3CCc4ccc(-n5c(-c6cc(C(C)C)c(O)cc6O)n[nH]c5=O)cc4C3)cc2)O1. The first kappa shape index (κ1) is 47.4. The average molecular weight is 921 g/mol. The fourth-order valence-corrected chi connectivity index (χ4v) is 9.04. The highest BCUT2D eigenvalue weighted by Gasteiger charge is 2.57. The molecule has 68 heavy (non-hydrogen) atoms. The van der Waals surface area contributed by atoms with Crippen LogP contribution in [0.15, 0.2) is 108 Å². The molecule has 352 valence electrons. The van der Waals surface area contributed by atoms with Crippen LogP contribution < -0.4 is 16.3 Å². The molecular formula is C51H57BN8O8. The minimum atomic E-state index is -0.999. The predicted molar refractivity (Wildman–Crippen MR) is 256 cm³/mol. The van der Waals surface area contributed by atoms with Gasteiger partial charge in [-0.1, -0.05) is 76.2 Å². The molecule has 1 unspecified atom stereocenters. The van der Waals surface area contributed by atoms with Crippen molar-refractivity contribution in [2.24, 2.45) is 5.92 Å². The molecule has 2 aromatic heterocycles. The summed E-state index contributed by atoms with van der Waals surface area (Å²) in [5.74, 6) is -1.66. The van der Waals surface area contributed by atoms with Gasteiger partial charge in [0.2, 0.25) is 5.91 Å². The third-order valence-corrected chi connectivity index (χ3v) is 13.1. The number of hydrogen-bond donors (Lipinski definition) is 5. The highest BCUT2D eigenvalue weighted by atomic mass is 16.7. The Balaban J connectivity index is 0.982. The molecule has 2 aliphatic rings. The second-order valence-electron chi connectivity index (χ2n) is 19.0. The number of carbonyl (C=O) groups is 3. The summed E-state index contributed by atoms with van der Waals surface area (Å²) in [4.78, 5) is 64.7. The number of amides is 3. The van der Waals surface area contributed by atoms with Gasteiger partial charge in [-0.15, -0.1) is 0 Å². The molecule has 4 aromatic carbocycles. The molecule has 0 spiro atoms. The Morgan fingerprint density at radius 2 is 1.63 bits per heavy atom. The lowest BCUT2D eigenvalue weighted by Crippen LogP contribution is -2.55. The van der Waals surface area contributed by atoms with Gasteiger partial charge in [-0.25, -0.2) is 19.4 Å². The number of benzene rings is 4. The number of aromatic nitrogens is 5. The van der Waals surface area contributed by atoms with Crippen LogP contribution in [0.25, 0.3) is 17.1 Å².